The van der Waals surface area contributed by atoms with Gasteiger partial charge in [-0.05, 0) is 78.6 Å². The number of nitrogens with one attached hydrogen (secondary N) is 2. The number of amides is 2. The maximum absolute atomic E-state index is 12.3. The fraction of sp³-hybridized carbons (Fsp3) is 0.0870. The molecular formula is C23H18Cl2N4O2. The molecule has 0 aliphatic heterocycles. The van der Waals surface area contributed by atoms with Crippen molar-refractivity contribution in [2.24, 2.45) is 0 Å². The van der Waals surface area contributed by atoms with Crippen LogP contribution in [0.2, 0.25) is 10.0 Å². The summed E-state index contributed by atoms with van der Waals surface area (Å²) in [4.78, 5) is 21.2. The van der Waals surface area contributed by atoms with Crippen molar-refractivity contribution in [3.05, 3.63) is 75.9 Å². The minimum atomic E-state index is -0.479. The summed E-state index contributed by atoms with van der Waals surface area (Å²) >= 11 is 11.9. The number of halogens is 2. The van der Waals surface area contributed by atoms with E-state index < -0.39 is 6.03 Å². The summed E-state index contributed by atoms with van der Waals surface area (Å²) in [7, 11) is 0. The topological polar surface area (TPSA) is 87.1 Å². The van der Waals surface area contributed by atoms with Gasteiger partial charge in [0.05, 0.1) is 27.3 Å². The van der Waals surface area contributed by atoms with Crippen molar-refractivity contribution < 1.29 is 9.90 Å². The van der Waals surface area contributed by atoms with Crippen LogP contribution >= 0.6 is 23.2 Å². The molecule has 3 N–H and O–H groups in total. The monoisotopic (exact) mass is 452 g/mol. The van der Waals surface area contributed by atoms with E-state index in [9.17, 15) is 9.90 Å². The van der Waals surface area contributed by atoms with Gasteiger partial charge in [-0.3, -0.25) is 10.3 Å². The Bertz CT molecular complexity index is 1300. The van der Waals surface area contributed by atoms with Crippen molar-refractivity contribution in [2.45, 2.75) is 13.8 Å². The Labute approximate surface area is 188 Å². The molecule has 0 aliphatic carbocycles. The first-order valence-corrected chi connectivity index (χ1v) is 10.2. The molecule has 2 amide bonds. The van der Waals surface area contributed by atoms with Gasteiger partial charge in [0.25, 0.3) is 0 Å². The Balaban J connectivity index is 1.58. The number of aryl methyl sites for hydroxylation is 2. The molecule has 0 radical (unpaired) electrons. The molecule has 0 saturated carbocycles. The molecule has 31 heavy (non-hydrogen) atoms. The highest BCUT2D eigenvalue weighted by molar-refractivity contribution is 6.42. The fourth-order valence-corrected chi connectivity index (χ4v) is 3.52. The first-order chi connectivity index (χ1) is 14.8. The van der Waals surface area contributed by atoms with Crippen LogP contribution in [0.15, 0.2) is 54.7 Å². The van der Waals surface area contributed by atoms with Gasteiger partial charge in [-0.2, -0.15) is 0 Å². The van der Waals surface area contributed by atoms with Crippen LogP contribution in [0.1, 0.15) is 11.1 Å². The number of aromatic nitrogens is 2. The predicted octanol–water partition coefficient (Wildman–Crippen LogP) is 6.57. The Hall–Kier alpha value is -3.35. The number of fused-ring (bicyclic) bond motifs is 1. The molecule has 0 fully saturated rings. The average Bonchev–Trinajstić information content (AvgIpc) is 2.73. The van der Waals surface area contributed by atoms with Crippen LogP contribution < -0.4 is 10.6 Å². The van der Waals surface area contributed by atoms with E-state index in [2.05, 4.69) is 20.6 Å². The highest BCUT2D eigenvalue weighted by Gasteiger charge is 2.10. The van der Waals surface area contributed by atoms with E-state index in [-0.39, 0.29) is 0 Å². The summed E-state index contributed by atoms with van der Waals surface area (Å²) < 4.78 is 0. The maximum atomic E-state index is 12.3. The van der Waals surface area contributed by atoms with Crippen LogP contribution in [-0.4, -0.2) is 21.1 Å². The van der Waals surface area contributed by atoms with Gasteiger partial charge in [-0.15, -0.1) is 0 Å². The van der Waals surface area contributed by atoms with Gasteiger partial charge >= 0.3 is 6.03 Å². The van der Waals surface area contributed by atoms with Crippen LogP contribution in [0.3, 0.4) is 0 Å². The van der Waals surface area contributed by atoms with Crippen LogP contribution in [0, 0.1) is 13.8 Å². The second kappa shape index (κ2) is 8.41. The van der Waals surface area contributed by atoms with Gasteiger partial charge < -0.3 is 10.4 Å². The number of phenols is 1. The number of urea groups is 1. The summed E-state index contributed by atoms with van der Waals surface area (Å²) in [6.07, 6.45) is 1.49. The zero-order chi connectivity index (χ0) is 22.1. The van der Waals surface area contributed by atoms with Crippen molar-refractivity contribution in [3.8, 4) is 16.9 Å². The van der Waals surface area contributed by atoms with Crippen molar-refractivity contribution in [1.29, 1.82) is 0 Å². The molecule has 4 rings (SSSR count). The SMILES string of the molecule is Cc1cc(-c2ccc3ncc(NC(=O)Nc4ccc(Cl)c(Cl)c4)nc3c2)cc(C)c1O. The highest BCUT2D eigenvalue weighted by Crippen LogP contribution is 2.30. The number of hydrogen-bond acceptors (Lipinski definition) is 4. The zero-order valence-electron chi connectivity index (χ0n) is 16.7. The molecule has 4 aromatic rings. The number of benzene rings is 3. The first kappa shape index (κ1) is 20.9. The summed E-state index contributed by atoms with van der Waals surface area (Å²) in [6, 6.07) is 13.9. The van der Waals surface area contributed by atoms with E-state index in [0.717, 1.165) is 22.3 Å². The van der Waals surface area contributed by atoms with Crippen LogP contribution in [0.4, 0.5) is 16.3 Å². The van der Waals surface area contributed by atoms with Gasteiger partial charge in [0.2, 0.25) is 0 Å². The van der Waals surface area contributed by atoms with Crippen LogP contribution in [0.5, 0.6) is 5.75 Å². The Morgan fingerprint density at radius 1 is 0.871 bits per heavy atom. The smallest absolute Gasteiger partial charge is 0.324 e. The Morgan fingerprint density at radius 2 is 1.61 bits per heavy atom. The first-order valence-electron chi connectivity index (χ1n) is 9.40. The maximum Gasteiger partial charge on any atom is 0.324 e. The van der Waals surface area contributed by atoms with E-state index >= 15 is 0 Å². The third-order valence-corrected chi connectivity index (χ3v) is 5.52. The molecular weight excluding hydrogens is 435 g/mol. The lowest BCUT2D eigenvalue weighted by atomic mass is 9.99. The number of hydrogen-bond donors (Lipinski definition) is 3. The largest absolute Gasteiger partial charge is 0.507 e. The van der Waals surface area contributed by atoms with Gasteiger partial charge in [0.15, 0.2) is 5.82 Å². The third-order valence-electron chi connectivity index (χ3n) is 4.79. The number of carbonyl (C=O) groups is 1. The second-order valence-corrected chi connectivity index (χ2v) is 7.94. The minimum Gasteiger partial charge on any atom is -0.507 e. The van der Waals surface area contributed by atoms with Gasteiger partial charge in [-0.1, -0.05) is 29.3 Å². The molecule has 0 bridgehead atoms. The lowest BCUT2D eigenvalue weighted by molar-refractivity contribution is 0.262. The predicted molar refractivity (Wildman–Crippen MR) is 125 cm³/mol. The molecule has 1 heterocycles. The lowest BCUT2D eigenvalue weighted by Crippen LogP contribution is -2.20. The molecule has 0 spiro atoms. The fourth-order valence-electron chi connectivity index (χ4n) is 3.23. The van der Waals surface area contributed by atoms with Crippen molar-refractivity contribution in [3.63, 3.8) is 0 Å². The summed E-state index contributed by atoms with van der Waals surface area (Å²) in [5, 5.41) is 16.1. The zero-order valence-corrected chi connectivity index (χ0v) is 18.2. The van der Waals surface area contributed by atoms with E-state index in [4.69, 9.17) is 23.2 Å². The molecule has 0 saturated heterocycles. The van der Waals surface area contributed by atoms with Crippen LogP contribution in [-0.2, 0) is 0 Å². The number of rotatable bonds is 3. The quantitative estimate of drug-likeness (QED) is 0.327. The van der Waals surface area contributed by atoms with Crippen molar-refractivity contribution >= 4 is 51.8 Å². The molecule has 0 aliphatic rings. The van der Waals surface area contributed by atoms with E-state index in [1.165, 1.54) is 6.20 Å². The Kier molecular flexibility index (Phi) is 5.67. The van der Waals surface area contributed by atoms with Crippen molar-refractivity contribution in [1.82, 2.24) is 9.97 Å². The van der Waals surface area contributed by atoms with Gasteiger partial charge in [0.1, 0.15) is 5.75 Å². The summed E-state index contributed by atoms with van der Waals surface area (Å²) in [5.41, 5.74) is 5.34. The number of anilines is 2. The molecule has 1 aromatic heterocycles. The molecule has 8 heteroatoms. The van der Waals surface area contributed by atoms with Crippen molar-refractivity contribution in [2.75, 3.05) is 10.6 Å². The normalized spacial score (nSPS) is 10.8. The molecule has 0 unspecified atom stereocenters. The number of nitrogens with zero attached hydrogens (tertiary/aromatic N) is 2. The van der Waals surface area contributed by atoms with E-state index in [1.54, 1.807) is 18.2 Å². The van der Waals surface area contributed by atoms with E-state index in [1.807, 2.05) is 44.2 Å². The highest BCUT2D eigenvalue weighted by atomic mass is 35.5. The molecule has 6 nitrogen and oxygen atoms in total. The van der Waals surface area contributed by atoms with Gasteiger partial charge in [0, 0.05) is 5.69 Å². The number of aromatic hydroxyl groups is 1. The van der Waals surface area contributed by atoms with E-state index in [0.29, 0.717) is 38.3 Å². The minimum absolute atomic E-state index is 0.295. The van der Waals surface area contributed by atoms with Crippen LogP contribution in [0.25, 0.3) is 22.2 Å². The molecule has 3 aromatic carbocycles. The summed E-state index contributed by atoms with van der Waals surface area (Å²) in [5.74, 6) is 0.601. The molecule has 156 valence electrons. The lowest BCUT2D eigenvalue weighted by Gasteiger charge is -2.10. The average molecular weight is 453 g/mol. The number of phenolic OH excluding ortho intramolecular Hbond substituents is 1. The standard InChI is InChI=1S/C23H18Cl2N4O2/c1-12-7-15(8-13(2)22(12)30)14-3-6-19-20(9-14)28-21(11-26-19)29-23(31)27-16-4-5-17(24)18(25)10-16/h3-11,30H,1-2H3,(H2,27,28,29,31). The Morgan fingerprint density at radius 3 is 2.32 bits per heavy atom. The summed E-state index contributed by atoms with van der Waals surface area (Å²) in [6.45, 7) is 3.72. The number of carbonyl (C=O) groups excluding carboxylic acids is 1. The second-order valence-electron chi connectivity index (χ2n) is 7.13. The molecule has 0 atom stereocenters. The van der Waals surface area contributed by atoms with Gasteiger partial charge in [-0.25, -0.2) is 9.78 Å². The third kappa shape index (κ3) is 4.55.